The Morgan fingerprint density at radius 3 is 2.56 bits per heavy atom. The van der Waals surface area contributed by atoms with Crippen LogP contribution in [0.4, 0.5) is 0 Å². The summed E-state index contributed by atoms with van der Waals surface area (Å²) < 4.78 is 0. The molecule has 1 aromatic carbocycles. The summed E-state index contributed by atoms with van der Waals surface area (Å²) in [5.41, 5.74) is 2.22. The fraction of sp³-hybridized carbons (Fsp3) is 0.625. The van der Waals surface area contributed by atoms with Crippen molar-refractivity contribution in [2.24, 2.45) is 5.92 Å². The highest BCUT2D eigenvalue weighted by Gasteiger charge is 2.20. The fourth-order valence-corrected chi connectivity index (χ4v) is 2.89. The van der Waals surface area contributed by atoms with Crippen LogP contribution in [0.1, 0.15) is 56.7 Å². The molecule has 0 bridgehead atoms. The van der Waals surface area contributed by atoms with Crippen molar-refractivity contribution in [2.45, 2.75) is 58.5 Å². The van der Waals surface area contributed by atoms with Crippen molar-refractivity contribution in [1.82, 2.24) is 5.32 Å². The summed E-state index contributed by atoms with van der Waals surface area (Å²) in [5, 5.41) is 13.6. The van der Waals surface area contributed by atoms with E-state index in [1.54, 1.807) is 6.07 Å². The lowest BCUT2D eigenvalue weighted by Crippen LogP contribution is -2.34. The molecule has 1 unspecified atom stereocenters. The Bertz CT molecular complexity index is 394. The number of phenolic OH excluding ortho intramolecular Hbond substituents is 1. The maximum atomic E-state index is 9.94. The third-order valence-electron chi connectivity index (χ3n) is 4.15. The Kier molecular flexibility index (Phi) is 4.28. The van der Waals surface area contributed by atoms with E-state index in [0.717, 1.165) is 11.5 Å². The van der Waals surface area contributed by atoms with Gasteiger partial charge < -0.3 is 10.4 Å². The van der Waals surface area contributed by atoms with Gasteiger partial charge in [-0.15, -0.1) is 0 Å². The Morgan fingerprint density at radius 1 is 1.22 bits per heavy atom. The number of hydrogen-bond acceptors (Lipinski definition) is 2. The normalized spacial score (nSPS) is 25.9. The largest absolute Gasteiger partial charge is 0.508 e. The van der Waals surface area contributed by atoms with Gasteiger partial charge in [0, 0.05) is 17.6 Å². The van der Waals surface area contributed by atoms with Gasteiger partial charge in [0.25, 0.3) is 0 Å². The van der Waals surface area contributed by atoms with Gasteiger partial charge in [0.2, 0.25) is 0 Å². The Labute approximate surface area is 110 Å². The van der Waals surface area contributed by atoms with Crippen LogP contribution in [-0.2, 0) is 0 Å². The molecule has 2 heteroatoms. The number of hydrogen-bond donors (Lipinski definition) is 2. The Hall–Kier alpha value is -1.02. The average Bonchev–Trinajstić information content (AvgIpc) is 2.35. The fourth-order valence-electron chi connectivity index (χ4n) is 2.89. The lowest BCUT2D eigenvalue weighted by Gasteiger charge is -2.30. The zero-order valence-corrected chi connectivity index (χ0v) is 11.7. The zero-order valence-electron chi connectivity index (χ0n) is 11.7. The molecule has 2 nitrogen and oxygen atoms in total. The van der Waals surface area contributed by atoms with Crippen LogP contribution in [-0.4, -0.2) is 11.1 Å². The zero-order chi connectivity index (χ0) is 13.1. The lowest BCUT2D eigenvalue weighted by atomic mass is 9.87. The van der Waals surface area contributed by atoms with Crippen LogP contribution in [0, 0.1) is 12.8 Å². The van der Waals surface area contributed by atoms with Crippen molar-refractivity contribution in [3.63, 3.8) is 0 Å². The van der Waals surface area contributed by atoms with E-state index in [1.165, 1.54) is 31.2 Å². The number of nitrogens with one attached hydrogen (secondary N) is 1. The van der Waals surface area contributed by atoms with Gasteiger partial charge in [0.15, 0.2) is 0 Å². The molecule has 0 saturated heterocycles. The summed E-state index contributed by atoms with van der Waals surface area (Å²) in [5.74, 6) is 1.29. The minimum atomic E-state index is 0.225. The molecular weight excluding hydrogens is 222 g/mol. The molecule has 0 heterocycles. The third kappa shape index (κ3) is 3.26. The number of aryl methyl sites for hydroxylation is 1. The first-order valence-electron chi connectivity index (χ1n) is 7.12. The van der Waals surface area contributed by atoms with Gasteiger partial charge in [0.1, 0.15) is 5.75 Å². The Balaban J connectivity index is 1.98. The van der Waals surface area contributed by atoms with Crippen molar-refractivity contribution in [3.8, 4) is 5.75 Å². The second kappa shape index (κ2) is 5.75. The quantitative estimate of drug-likeness (QED) is 0.848. The van der Waals surface area contributed by atoms with Gasteiger partial charge in [0.05, 0.1) is 0 Å². The van der Waals surface area contributed by atoms with E-state index in [1.807, 2.05) is 6.07 Å². The molecular formula is C16H25NO. The summed E-state index contributed by atoms with van der Waals surface area (Å²) in [4.78, 5) is 0. The van der Waals surface area contributed by atoms with E-state index < -0.39 is 0 Å². The molecule has 1 aliphatic carbocycles. The molecule has 1 aliphatic rings. The van der Waals surface area contributed by atoms with E-state index in [0.29, 0.717) is 11.8 Å². The van der Waals surface area contributed by atoms with E-state index in [4.69, 9.17) is 0 Å². The molecule has 1 atom stereocenters. The van der Waals surface area contributed by atoms with E-state index in [9.17, 15) is 5.11 Å². The molecule has 0 spiro atoms. The van der Waals surface area contributed by atoms with Gasteiger partial charge in [-0.1, -0.05) is 24.6 Å². The average molecular weight is 247 g/mol. The number of phenols is 1. The van der Waals surface area contributed by atoms with Gasteiger partial charge in [-0.3, -0.25) is 0 Å². The molecule has 2 N–H and O–H groups in total. The first-order valence-corrected chi connectivity index (χ1v) is 7.12. The van der Waals surface area contributed by atoms with Crippen molar-refractivity contribution >= 4 is 0 Å². The second-order valence-electron chi connectivity index (χ2n) is 5.91. The summed E-state index contributed by atoms with van der Waals surface area (Å²) in [6, 6.07) is 6.66. The van der Waals surface area contributed by atoms with Gasteiger partial charge >= 0.3 is 0 Å². The smallest absolute Gasteiger partial charge is 0.120 e. The minimum Gasteiger partial charge on any atom is -0.508 e. The topological polar surface area (TPSA) is 32.3 Å². The summed E-state index contributed by atoms with van der Waals surface area (Å²) in [6.07, 6.45) is 5.17. The predicted molar refractivity (Wildman–Crippen MR) is 75.8 cm³/mol. The van der Waals surface area contributed by atoms with Crippen LogP contribution in [0.15, 0.2) is 18.2 Å². The van der Waals surface area contributed by atoms with Crippen molar-refractivity contribution in [3.05, 3.63) is 29.3 Å². The first kappa shape index (κ1) is 13.4. The monoisotopic (exact) mass is 247 g/mol. The molecule has 1 aromatic rings. The maximum Gasteiger partial charge on any atom is 0.120 e. The van der Waals surface area contributed by atoms with E-state index >= 15 is 0 Å². The highest BCUT2D eigenvalue weighted by atomic mass is 16.3. The van der Waals surface area contributed by atoms with Crippen molar-refractivity contribution < 1.29 is 5.11 Å². The first-order chi connectivity index (χ1) is 8.56. The molecule has 0 aliphatic heterocycles. The van der Waals surface area contributed by atoms with Crippen molar-refractivity contribution in [2.75, 3.05) is 0 Å². The highest BCUT2D eigenvalue weighted by molar-refractivity contribution is 5.37. The van der Waals surface area contributed by atoms with Crippen molar-refractivity contribution in [1.29, 1.82) is 0 Å². The molecule has 0 amide bonds. The summed E-state index contributed by atoms with van der Waals surface area (Å²) in [7, 11) is 0. The molecule has 2 rings (SSSR count). The molecule has 0 radical (unpaired) electrons. The molecule has 1 fully saturated rings. The predicted octanol–water partition coefficient (Wildman–Crippen LogP) is 3.93. The SMILES string of the molecule is Cc1ccc(O)c(C(C)NC2CCC(C)CC2)c1. The third-order valence-corrected chi connectivity index (χ3v) is 4.15. The highest BCUT2D eigenvalue weighted by Crippen LogP contribution is 2.29. The molecule has 0 aromatic heterocycles. The van der Waals surface area contributed by atoms with Crippen LogP contribution in [0.25, 0.3) is 0 Å². The lowest BCUT2D eigenvalue weighted by molar-refractivity contribution is 0.290. The number of rotatable bonds is 3. The molecule has 18 heavy (non-hydrogen) atoms. The second-order valence-corrected chi connectivity index (χ2v) is 5.91. The van der Waals surface area contributed by atoms with Crippen LogP contribution >= 0.6 is 0 Å². The Morgan fingerprint density at radius 2 is 1.89 bits per heavy atom. The summed E-state index contributed by atoms with van der Waals surface area (Å²) in [6.45, 7) is 6.55. The number of aromatic hydroxyl groups is 1. The number of benzene rings is 1. The van der Waals surface area contributed by atoms with Gasteiger partial charge in [-0.25, -0.2) is 0 Å². The van der Waals surface area contributed by atoms with E-state index in [2.05, 4.69) is 32.2 Å². The minimum absolute atomic E-state index is 0.225. The maximum absolute atomic E-state index is 9.94. The molecule has 1 saturated carbocycles. The van der Waals surface area contributed by atoms with Crippen LogP contribution < -0.4 is 5.32 Å². The molecule has 100 valence electrons. The van der Waals surface area contributed by atoms with Crippen LogP contribution in [0.2, 0.25) is 0 Å². The van der Waals surface area contributed by atoms with Crippen LogP contribution in [0.3, 0.4) is 0 Å². The van der Waals surface area contributed by atoms with Crippen LogP contribution in [0.5, 0.6) is 5.75 Å². The van der Waals surface area contributed by atoms with E-state index in [-0.39, 0.29) is 6.04 Å². The summed E-state index contributed by atoms with van der Waals surface area (Å²) >= 11 is 0. The van der Waals surface area contributed by atoms with Gasteiger partial charge in [-0.05, 0) is 51.5 Å². The van der Waals surface area contributed by atoms with Gasteiger partial charge in [-0.2, -0.15) is 0 Å². The standard InChI is InChI=1S/C16H25NO/c1-11-4-7-14(8-5-11)17-13(3)15-10-12(2)6-9-16(15)18/h6,9-11,13-14,17-18H,4-5,7-8H2,1-3H3.